The van der Waals surface area contributed by atoms with Crippen LogP contribution in [0.1, 0.15) is 24.2 Å². The molecule has 1 aromatic heterocycles. The number of hydrogen-bond acceptors (Lipinski definition) is 3. The Kier molecular flexibility index (Phi) is 3.99. The maximum absolute atomic E-state index is 12.0. The molecule has 0 radical (unpaired) electrons. The number of rotatable bonds is 4. The minimum atomic E-state index is -4.68. The first kappa shape index (κ1) is 14.4. The first-order valence-electron chi connectivity index (χ1n) is 5.88. The zero-order valence-electron chi connectivity index (χ0n) is 10.6. The highest BCUT2D eigenvalue weighted by molar-refractivity contribution is 5.27. The van der Waals surface area contributed by atoms with Gasteiger partial charge < -0.3 is 9.84 Å². The number of nitrogens with zero attached hydrogens (tertiary/aromatic N) is 2. The van der Waals surface area contributed by atoms with Crippen molar-refractivity contribution in [2.24, 2.45) is 0 Å². The van der Waals surface area contributed by atoms with Crippen LogP contribution in [0.3, 0.4) is 0 Å². The van der Waals surface area contributed by atoms with Crippen LogP contribution in [0.25, 0.3) is 0 Å². The summed E-state index contributed by atoms with van der Waals surface area (Å²) in [7, 11) is 0. The molecule has 2 aromatic rings. The summed E-state index contributed by atoms with van der Waals surface area (Å²) in [5, 5.41) is 13.4. The monoisotopic (exact) mass is 286 g/mol. The Balaban J connectivity index is 2.03. The molecule has 0 aliphatic heterocycles. The summed E-state index contributed by atoms with van der Waals surface area (Å²) < 4.78 is 41.4. The molecular formula is C13H13F3N2O2. The summed E-state index contributed by atoms with van der Waals surface area (Å²) in [5.74, 6) is -0.258. The summed E-state index contributed by atoms with van der Waals surface area (Å²) in [6.07, 6.45) is -2.06. The van der Waals surface area contributed by atoms with Gasteiger partial charge in [0.25, 0.3) is 0 Å². The largest absolute Gasteiger partial charge is 0.573 e. The van der Waals surface area contributed by atoms with E-state index in [2.05, 4.69) is 9.84 Å². The van der Waals surface area contributed by atoms with E-state index in [0.717, 1.165) is 5.56 Å². The van der Waals surface area contributed by atoms with Gasteiger partial charge in [-0.25, -0.2) is 0 Å². The average Bonchev–Trinajstić information content (AvgIpc) is 2.78. The van der Waals surface area contributed by atoms with Gasteiger partial charge in [-0.05, 0) is 24.6 Å². The van der Waals surface area contributed by atoms with Gasteiger partial charge in [-0.1, -0.05) is 12.1 Å². The van der Waals surface area contributed by atoms with E-state index in [9.17, 15) is 18.3 Å². The van der Waals surface area contributed by atoms with Crippen LogP contribution < -0.4 is 4.74 Å². The van der Waals surface area contributed by atoms with Crippen LogP contribution in [0.5, 0.6) is 5.75 Å². The molecule has 7 heteroatoms. The Labute approximate surface area is 113 Å². The van der Waals surface area contributed by atoms with E-state index < -0.39 is 12.5 Å². The Hall–Kier alpha value is -2.02. The van der Waals surface area contributed by atoms with Gasteiger partial charge in [0, 0.05) is 11.8 Å². The first-order valence-corrected chi connectivity index (χ1v) is 5.88. The summed E-state index contributed by atoms with van der Waals surface area (Å²) in [6.45, 7) is 2.03. The van der Waals surface area contributed by atoms with Crippen molar-refractivity contribution >= 4 is 0 Å². The maximum Gasteiger partial charge on any atom is 0.573 e. The maximum atomic E-state index is 12.0. The molecule has 1 N–H and O–H groups in total. The van der Waals surface area contributed by atoms with Crippen molar-refractivity contribution in [2.45, 2.75) is 25.9 Å². The van der Waals surface area contributed by atoms with Crippen molar-refractivity contribution < 1.29 is 23.0 Å². The van der Waals surface area contributed by atoms with Crippen molar-refractivity contribution in [1.82, 2.24) is 9.78 Å². The standard InChI is InChI=1S/C13H13F3N2O2/c1-9(19)11-6-17-18(8-11)7-10-2-4-12(5-3-10)20-13(14,15)16/h2-6,8-9,19H,7H2,1H3. The molecule has 0 amide bonds. The molecule has 0 aliphatic carbocycles. The Bertz CT molecular complexity index is 562. The van der Waals surface area contributed by atoms with Gasteiger partial charge >= 0.3 is 6.36 Å². The highest BCUT2D eigenvalue weighted by Crippen LogP contribution is 2.23. The van der Waals surface area contributed by atoms with Crippen LogP contribution in [0.15, 0.2) is 36.7 Å². The van der Waals surface area contributed by atoms with E-state index in [1.165, 1.54) is 24.3 Å². The molecule has 0 spiro atoms. The molecule has 2 rings (SSSR count). The normalized spacial score (nSPS) is 13.2. The molecule has 0 fully saturated rings. The number of halogens is 3. The predicted molar refractivity (Wildman–Crippen MR) is 65.1 cm³/mol. The van der Waals surface area contributed by atoms with Gasteiger partial charge in [-0.3, -0.25) is 4.68 Å². The number of aromatic nitrogens is 2. The van der Waals surface area contributed by atoms with E-state index in [4.69, 9.17) is 0 Å². The second-order valence-electron chi connectivity index (χ2n) is 4.34. The van der Waals surface area contributed by atoms with Crippen LogP contribution in [0.2, 0.25) is 0 Å². The Morgan fingerprint density at radius 2 is 1.95 bits per heavy atom. The number of benzene rings is 1. The lowest BCUT2D eigenvalue weighted by Crippen LogP contribution is -2.17. The van der Waals surface area contributed by atoms with Gasteiger partial charge in [0.2, 0.25) is 0 Å². The summed E-state index contributed by atoms with van der Waals surface area (Å²) >= 11 is 0. The third-order valence-electron chi connectivity index (χ3n) is 2.64. The van der Waals surface area contributed by atoms with Crippen molar-refractivity contribution in [2.75, 3.05) is 0 Å². The highest BCUT2D eigenvalue weighted by Gasteiger charge is 2.30. The van der Waals surface area contributed by atoms with Crippen LogP contribution >= 0.6 is 0 Å². The number of aliphatic hydroxyl groups is 1. The molecule has 4 nitrogen and oxygen atoms in total. The lowest BCUT2D eigenvalue weighted by Gasteiger charge is -2.09. The molecule has 1 atom stereocenters. The number of alkyl halides is 3. The Morgan fingerprint density at radius 3 is 2.45 bits per heavy atom. The van der Waals surface area contributed by atoms with Gasteiger partial charge in [0.05, 0.1) is 18.8 Å². The van der Waals surface area contributed by atoms with Crippen LogP contribution in [-0.4, -0.2) is 21.2 Å². The molecule has 0 saturated heterocycles. The quantitative estimate of drug-likeness (QED) is 0.940. The second kappa shape index (κ2) is 5.54. The highest BCUT2D eigenvalue weighted by atomic mass is 19.4. The minimum Gasteiger partial charge on any atom is -0.406 e. The fourth-order valence-electron chi connectivity index (χ4n) is 1.67. The third kappa shape index (κ3) is 3.99. The van der Waals surface area contributed by atoms with E-state index in [1.807, 2.05) is 0 Å². The lowest BCUT2D eigenvalue weighted by atomic mass is 10.2. The molecule has 1 aromatic carbocycles. The van der Waals surface area contributed by atoms with Crippen LogP contribution in [0.4, 0.5) is 13.2 Å². The smallest absolute Gasteiger partial charge is 0.406 e. The van der Waals surface area contributed by atoms with Crippen molar-refractivity contribution in [3.63, 3.8) is 0 Å². The molecule has 0 saturated carbocycles. The van der Waals surface area contributed by atoms with Gasteiger partial charge in [0.1, 0.15) is 5.75 Å². The molecule has 20 heavy (non-hydrogen) atoms. The van der Waals surface area contributed by atoms with E-state index in [0.29, 0.717) is 12.1 Å². The molecule has 1 heterocycles. The zero-order valence-corrected chi connectivity index (χ0v) is 10.6. The summed E-state index contributed by atoms with van der Waals surface area (Å²) in [4.78, 5) is 0. The topological polar surface area (TPSA) is 47.3 Å². The molecule has 0 aliphatic rings. The van der Waals surface area contributed by atoms with E-state index in [-0.39, 0.29) is 5.75 Å². The average molecular weight is 286 g/mol. The van der Waals surface area contributed by atoms with E-state index >= 15 is 0 Å². The van der Waals surface area contributed by atoms with Crippen molar-refractivity contribution in [3.05, 3.63) is 47.8 Å². The van der Waals surface area contributed by atoms with Crippen LogP contribution in [-0.2, 0) is 6.54 Å². The molecular weight excluding hydrogens is 273 g/mol. The fraction of sp³-hybridized carbons (Fsp3) is 0.308. The summed E-state index contributed by atoms with van der Waals surface area (Å²) in [6, 6.07) is 5.57. The zero-order chi connectivity index (χ0) is 14.8. The van der Waals surface area contributed by atoms with Gasteiger partial charge in [-0.15, -0.1) is 13.2 Å². The van der Waals surface area contributed by atoms with Gasteiger partial charge in [0.15, 0.2) is 0 Å². The first-order chi connectivity index (χ1) is 9.33. The molecule has 0 bridgehead atoms. The molecule has 1 unspecified atom stereocenters. The summed E-state index contributed by atoms with van der Waals surface area (Å²) in [5.41, 5.74) is 1.46. The van der Waals surface area contributed by atoms with Gasteiger partial charge in [-0.2, -0.15) is 5.10 Å². The lowest BCUT2D eigenvalue weighted by molar-refractivity contribution is -0.274. The predicted octanol–water partition coefficient (Wildman–Crippen LogP) is 2.88. The SMILES string of the molecule is CC(O)c1cnn(Cc2ccc(OC(F)(F)F)cc2)c1. The van der Waals surface area contributed by atoms with Crippen molar-refractivity contribution in [3.8, 4) is 5.75 Å². The van der Waals surface area contributed by atoms with Crippen molar-refractivity contribution in [1.29, 1.82) is 0 Å². The molecule has 108 valence electrons. The minimum absolute atomic E-state index is 0.258. The van der Waals surface area contributed by atoms with E-state index in [1.54, 1.807) is 24.0 Å². The number of ether oxygens (including phenoxy) is 1. The third-order valence-corrected chi connectivity index (χ3v) is 2.64. The number of aliphatic hydroxyl groups excluding tert-OH is 1. The number of hydrogen-bond donors (Lipinski definition) is 1. The Morgan fingerprint density at radius 1 is 1.30 bits per heavy atom. The fourth-order valence-corrected chi connectivity index (χ4v) is 1.67. The van der Waals surface area contributed by atoms with Crippen LogP contribution in [0, 0.1) is 0 Å². The second-order valence-corrected chi connectivity index (χ2v) is 4.34.